The predicted octanol–water partition coefficient (Wildman–Crippen LogP) is 4.31. The summed E-state index contributed by atoms with van der Waals surface area (Å²) in [5.41, 5.74) is 1.55. The smallest absolute Gasteiger partial charge is 0.277 e. The van der Waals surface area contributed by atoms with Crippen LogP contribution in [0.2, 0.25) is 0 Å². The van der Waals surface area contributed by atoms with E-state index in [4.69, 9.17) is 4.74 Å². The molecule has 0 aliphatic rings. The van der Waals surface area contributed by atoms with E-state index in [1.165, 1.54) is 11.0 Å². The zero-order valence-corrected chi connectivity index (χ0v) is 14.3. The molecule has 0 aliphatic carbocycles. The number of nitrogens with zero attached hydrogens (tertiary/aromatic N) is 3. The molecule has 0 saturated carbocycles. The highest BCUT2D eigenvalue weighted by atomic mass is 16.5. The molecule has 0 atom stereocenters. The van der Waals surface area contributed by atoms with Crippen molar-refractivity contribution in [1.29, 1.82) is 0 Å². The number of carbonyl (C=O) groups excluding carboxylic acids is 1. The topological polar surface area (TPSA) is 69.0 Å². The third kappa shape index (κ3) is 3.85. The number of anilines is 1. The Hall–Kier alpha value is -3.93. The Kier molecular flexibility index (Phi) is 4.61. The van der Waals surface area contributed by atoms with Crippen LogP contribution in [0.3, 0.4) is 0 Å². The van der Waals surface area contributed by atoms with E-state index in [9.17, 15) is 4.79 Å². The molecule has 6 heteroatoms. The van der Waals surface area contributed by atoms with Crippen molar-refractivity contribution in [3.63, 3.8) is 0 Å². The molecule has 4 rings (SSSR count). The van der Waals surface area contributed by atoms with Crippen LogP contribution >= 0.6 is 0 Å². The SMILES string of the molecule is O=C(Nc1ccccc1Oc1ccccc1)c1cnn(-c2ccccc2)n1. The minimum absolute atomic E-state index is 0.216. The van der Waals surface area contributed by atoms with Gasteiger partial charge in [0.1, 0.15) is 5.75 Å². The zero-order chi connectivity index (χ0) is 18.5. The van der Waals surface area contributed by atoms with Gasteiger partial charge in [-0.3, -0.25) is 4.79 Å². The van der Waals surface area contributed by atoms with E-state index in [0.717, 1.165) is 5.69 Å². The molecule has 4 aromatic rings. The second-order valence-corrected chi connectivity index (χ2v) is 5.72. The van der Waals surface area contributed by atoms with Gasteiger partial charge >= 0.3 is 0 Å². The number of carbonyl (C=O) groups is 1. The first-order valence-electron chi connectivity index (χ1n) is 8.41. The van der Waals surface area contributed by atoms with E-state index >= 15 is 0 Å². The second kappa shape index (κ2) is 7.53. The number of para-hydroxylation sites is 4. The Morgan fingerprint density at radius 2 is 1.52 bits per heavy atom. The fraction of sp³-hybridized carbons (Fsp3) is 0. The van der Waals surface area contributed by atoms with Crippen molar-refractivity contribution < 1.29 is 9.53 Å². The molecule has 1 heterocycles. The van der Waals surface area contributed by atoms with Gasteiger partial charge in [0.15, 0.2) is 11.4 Å². The summed E-state index contributed by atoms with van der Waals surface area (Å²) in [6, 6.07) is 26.0. The lowest BCUT2D eigenvalue weighted by atomic mass is 10.2. The number of amides is 1. The van der Waals surface area contributed by atoms with Crippen molar-refractivity contribution in [1.82, 2.24) is 15.0 Å². The molecule has 0 radical (unpaired) electrons. The summed E-state index contributed by atoms with van der Waals surface area (Å²) in [4.78, 5) is 14.0. The number of aromatic nitrogens is 3. The maximum Gasteiger partial charge on any atom is 0.277 e. The van der Waals surface area contributed by atoms with Crippen molar-refractivity contribution in [2.75, 3.05) is 5.32 Å². The van der Waals surface area contributed by atoms with Gasteiger partial charge in [0, 0.05) is 0 Å². The summed E-state index contributed by atoms with van der Waals surface area (Å²) in [5.74, 6) is 0.878. The van der Waals surface area contributed by atoms with Crippen molar-refractivity contribution in [2.45, 2.75) is 0 Å². The summed E-state index contributed by atoms with van der Waals surface area (Å²) >= 11 is 0. The van der Waals surface area contributed by atoms with Crippen molar-refractivity contribution in [3.8, 4) is 17.2 Å². The van der Waals surface area contributed by atoms with E-state index in [2.05, 4.69) is 15.5 Å². The van der Waals surface area contributed by atoms with E-state index in [1.807, 2.05) is 72.8 Å². The summed E-state index contributed by atoms with van der Waals surface area (Å²) in [6.45, 7) is 0. The number of nitrogens with one attached hydrogen (secondary N) is 1. The molecule has 0 saturated heterocycles. The first kappa shape index (κ1) is 16.5. The van der Waals surface area contributed by atoms with Gasteiger partial charge in [-0.2, -0.15) is 9.90 Å². The Balaban J connectivity index is 1.53. The number of ether oxygens (including phenoxy) is 1. The van der Waals surface area contributed by atoms with Crippen molar-refractivity contribution >= 4 is 11.6 Å². The first-order valence-corrected chi connectivity index (χ1v) is 8.41. The molecule has 1 amide bonds. The minimum Gasteiger partial charge on any atom is -0.455 e. The number of hydrogen-bond donors (Lipinski definition) is 1. The van der Waals surface area contributed by atoms with Crippen LogP contribution in [-0.4, -0.2) is 20.9 Å². The van der Waals surface area contributed by atoms with Gasteiger partial charge in [-0.05, 0) is 36.4 Å². The van der Waals surface area contributed by atoms with Crippen LogP contribution in [0.15, 0.2) is 91.1 Å². The molecule has 6 nitrogen and oxygen atoms in total. The Morgan fingerprint density at radius 3 is 2.30 bits per heavy atom. The second-order valence-electron chi connectivity index (χ2n) is 5.72. The lowest BCUT2D eigenvalue weighted by Crippen LogP contribution is -2.13. The highest BCUT2D eigenvalue weighted by Crippen LogP contribution is 2.29. The van der Waals surface area contributed by atoms with E-state index < -0.39 is 0 Å². The van der Waals surface area contributed by atoms with Crippen LogP contribution in [0.4, 0.5) is 5.69 Å². The maximum absolute atomic E-state index is 12.6. The highest BCUT2D eigenvalue weighted by Gasteiger charge is 2.14. The average molecular weight is 356 g/mol. The summed E-state index contributed by atoms with van der Waals surface area (Å²) in [7, 11) is 0. The van der Waals surface area contributed by atoms with E-state index in [0.29, 0.717) is 17.2 Å². The van der Waals surface area contributed by atoms with Gasteiger partial charge in [-0.15, -0.1) is 5.10 Å². The highest BCUT2D eigenvalue weighted by molar-refractivity contribution is 6.03. The van der Waals surface area contributed by atoms with Gasteiger partial charge in [0.25, 0.3) is 5.91 Å². The van der Waals surface area contributed by atoms with Crippen molar-refractivity contribution in [2.24, 2.45) is 0 Å². The molecule has 0 unspecified atom stereocenters. The zero-order valence-electron chi connectivity index (χ0n) is 14.3. The monoisotopic (exact) mass is 356 g/mol. The maximum atomic E-state index is 12.6. The summed E-state index contributed by atoms with van der Waals surface area (Å²) < 4.78 is 5.86. The van der Waals surface area contributed by atoms with E-state index in [1.54, 1.807) is 12.1 Å². The molecule has 0 spiro atoms. The van der Waals surface area contributed by atoms with E-state index in [-0.39, 0.29) is 11.6 Å². The molecule has 1 aromatic heterocycles. The Labute approximate surface area is 156 Å². The third-order valence-corrected chi connectivity index (χ3v) is 3.82. The standard InChI is InChI=1S/C21H16N4O2/c26-21(19-15-22-25(24-19)16-9-3-1-4-10-16)23-18-13-7-8-14-20(18)27-17-11-5-2-6-12-17/h1-15H,(H,23,26). The summed E-state index contributed by atoms with van der Waals surface area (Å²) in [5, 5.41) is 11.2. The molecule has 0 fully saturated rings. The molecule has 0 aliphatic heterocycles. The van der Waals surface area contributed by atoms with Gasteiger partial charge in [0.05, 0.1) is 17.6 Å². The van der Waals surface area contributed by atoms with Crippen LogP contribution in [0.5, 0.6) is 11.5 Å². The molecule has 1 N–H and O–H groups in total. The molecular formula is C21H16N4O2. The quantitative estimate of drug-likeness (QED) is 0.578. The average Bonchev–Trinajstić information content (AvgIpc) is 3.21. The molecular weight excluding hydrogens is 340 g/mol. The lowest BCUT2D eigenvalue weighted by molar-refractivity contribution is 0.102. The largest absolute Gasteiger partial charge is 0.455 e. The molecule has 132 valence electrons. The fourth-order valence-corrected chi connectivity index (χ4v) is 2.51. The van der Waals surface area contributed by atoms with Crippen LogP contribution in [0.1, 0.15) is 10.5 Å². The Morgan fingerprint density at radius 1 is 0.852 bits per heavy atom. The van der Waals surface area contributed by atoms with Crippen molar-refractivity contribution in [3.05, 3.63) is 96.8 Å². The summed E-state index contributed by atoms with van der Waals surface area (Å²) in [6.07, 6.45) is 1.43. The first-order chi connectivity index (χ1) is 13.3. The van der Waals surface area contributed by atoms with Gasteiger partial charge in [-0.1, -0.05) is 48.5 Å². The van der Waals surface area contributed by atoms with Gasteiger partial charge < -0.3 is 10.1 Å². The molecule has 3 aromatic carbocycles. The van der Waals surface area contributed by atoms with Crippen LogP contribution < -0.4 is 10.1 Å². The molecule has 0 bridgehead atoms. The minimum atomic E-state index is -0.360. The number of hydrogen-bond acceptors (Lipinski definition) is 4. The number of rotatable bonds is 5. The lowest BCUT2D eigenvalue weighted by Gasteiger charge is -2.11. The van der Waals surface area contributed by atoms with Crippen LogP contribution in [0, 0.1) is 0 Å². The van der Waals surface area contributed by atoms with Gasteiger partial charge in [0.2, 0.25) is 0 Å². The molecule has 27 heavy (non-hydrogen) atoms. The third-order valence-electron chi connectivity index (χ3n) is 3.82. The fourth-order valence-electron chi connectivity index (χ4n) is 2.51. The van der Waals surface area contributed by atoms with Gasteiger partial charge in [-0.25, -0.2) is 0 Å². The normalized spacial score (nSPS) is 10.4. The van der Waals surface area contributed by atoms with Crippen LogP contribution in [-0.2, 0) is 0 Å². The predicted molar refractivity (Wildman–Crippen MR) is 102 cm³/mol. The Bertz CT molecular complexity index is 1050. The number of benzene rings is 3. The van der Waals surface area contributed by atoms with Crippen LogP contribution in [0.25, 0.3) is 5.69 Å².